The summed E-state index contributed by atoms with van der Waals surface area (Å²) >= 11 is 0. The van der Waals surface area contributed by atoms with Crippen molar-refractivity contribution in [2.45, 2.75) is 37.0 Å². The van der Waals surface area contributed by atoms with Crippen LogP contribution >= 0.6 is 0 Å². The molecule has 122 valence electrons. The summed E-state index contributed by atoms with van der Waals surface area (Å²) in [4.78, 5) is 6.69. The Kier molecular flexibility index (Phi) is 3.73. The Morgan fingerprint density at radius 1 is 1.13 bits per heavy atom. The molecule has 1 aromatic carbocycles. The lowest BCUT2D eigenvalue weighted by Gasteiger charge is -2.35. The monoisotopic (exact) mass is 331 g/mol. The minimum atomic E-state index is -3.12. The molecule has 0 amide bonds. The zero-order valence-corrected chi connectivity index (χ0v) is 13.8. The number of para-hydroxylation sites is 1. The molecule has 23 heavy (non-hydrogen) atoms. The second kappa shape index (κ2) is 5.76. The molecule has 0 spiro atoms. The summed E-state index contributed by atoms with van der Waals surface area (Å²) in [7, 11) is -3.12. The Morgan fingerprint density at radius 2 is 1.96 bits per heavy atom. The Bertz CT molecular complexity index is 812. The fourth-order valence-electron chi connectivity index (χ4n) is 3.36. The molecule has 2 aliphatic rings. The summed E-state index contributed by atoms with van der Waals surface area (Å²) in [5.74, 6) is 0. The maximum atomic E-state index is 12.2. The molecule has 1 atom stereocenters. The van der Waals surface area contributed by atoms with Crippen LogP contribution in [0, 0.1) is 0 Å². The molecule has 4 rings (SSSR count). The van der Waals surface area contributed by atoms with Gasteiger partial charge in [0, 0.05) is 36.4 Å². The van der Waals surface area contributed by atoms with Crippen molar-refractivity contribution in [3.05, 3.63) is 36.5 Å². The van der Waals surface area contributed by atoms with E-state index in [0.29, 0.717) is 0 Å². The highest BCUT2D eigenvalue weighted by molar-refractivity contribution is 7.90. The van der Waals surface area contributed by atoms with Crippen LogP contribution in [0.4, 0.5) is 5.69 Å². The predicted octanol–water partition coefficient (Wildman–Crippen LogP) is 2.29. The average Bonchev–Trinajstić information content (AvgIpc) is 3.40. The fourth-order valence-corrected chi connectivity index (χ4v) is 4.96. The molecule has 1 aliphatic heterocycles. The zero-order valence-electron chi connectivity index (χ0n) is 13.0. The van der Waals surface area contributed by atoms with Crippen LogP contribution in [-0.4, -0.2) is 37.8 Å². The number of sulfonamides is 1. The summed E-state index contributed by atoms with van der Waals surface area (Å²) < 4.78 is 27.3. The Morgan fingerprint density at radius 3 is 2.78 bits per heavy atom. The largest absolute Gasteiger partial charge is 0.369 e. The number of piperidine rings is 1. The number of aromatic nitrogens is 1. The third-order valence-electron chi connectivity index (χ3n) is 4.68. The van der Waals surface area contributed by atoms with Gasteiger partial charge >= 0.3 is 0 Å². The summed E-state index contributed by atoms with van der Waals surface area (Å²) in [5.41, 5.74) is 2.12. The van der Waals surface area contributed by atoms with Crippen molar-refractivity contribution in [3.63, 3.8) is 0 Å². The van der Waals surface area contributed by atoms with E-state index < -0.39 is 10.0 Å². The van der Waals surface area contributed by atoms with Crippen LogP contribution in [-0.2, 0) is 10.0 Å². The van der Waals surface area contributed by atoms with E-state index in [-0.39, 0.29) is 11.3 Å². The Labute approximate surface area is 136 Å². The maximum Gasteiger partial charge on any atom is 0.214 e. The highest BCUT2D eigenvalue weighted by atomic mass is 32.2. The van der Waals surface area contributed by atoms with Gasteiger partial charge in [-0.2, -0.15) is 0 Å². The normalized spacial score (nSPS) is 22.4. The lowest BCUT2D eigenvalue weighted by molar-refractivity contribution is 0.466. The first-order valence-corrected chi connectivity index (χ1v) is 9.78. The van der Waals surface area contributed by atoms with Crippen LogP contribution in [0.25, 0.3) is 10.9 Å². The van der Waals surface area contributed by atoms with Crippen molar-refractivity contribution in [1.82, 2.24) is 9.71 Å². The minimum absolute atomic E-state index is 0.00118. The zero-order chi connectivity index (χ0) is 15.9. The molecule has 6 heteroatoms. The van der Waals surface area contributed by atoms with E-state index >= 15 is 0 Å². The number of nitrogens with one attached hydrogen (secondary N) is 1. The van der Waals surface area contributed by atoms with E-state index in [1.54, 1.807) is 0 Å². The second-order valence-electron chi connectivity index (χ2n) is 6.49. The summed E-state index contributed by atoms with van der Waals surface area (Å²) in [6, 6.07) is 10.1. The van der Waals surface area contributed by atoms with Crippen molar-refractivity contribution in [2.75, 3.05) is 18.0 Å². The van der Waals surface area contributed by atoms with Crippen LogP contribution < -0.4 is 9.62 Å². The Balaban J connectivity index is 1.57. The van der Waals surface area contributed by atoms with Gasteiger partial charge in [0.2, 0.25) is 10.0 Å². The van der Waals surface area contributed by atoms with Crippen molar-refractivity contribution in [2.24, 2.45) is 0 Å². The van der Waals surface area contributed by atoms with Crippen LogP contribution in [0.5, 0.6) is 0 Å². The van der Waals surface area contributed by atoms with Gasteiger partial charge in [0.25, 0.3) is 0 Å². The van der Waals surface area contributed by atoms with E-state index in [9.17, 15) is 8.42 Å². The summed E-state index contributed by atoms with van der Waals surface area (Å²) in [5, 5.41) is 0.973. The topological polar surface area (TPSA) is 62.3 Å². The predicted molar refractivity (Wildman–Crippen MR) is 92.1 cm³/mol. The average molecular weight is 331 g/mol. The second-order valence-corrected chi connectivity index (χ2v) is 8.49. The summed E-state index contributed by atoms with van der Waals surface area (Å²) in [6.45, 7) is 1.68. The van der Waals surface area contributed by atoms with Crippen molar-refractivity contribution in [3.8, 4) is 0 Å². The van der Waals surface area contributed by atoms with Crippen LogP contribution in [0.1, 0.15) is 25.7 Å². The third kappa shape index (κ3) is 3.05. The number of hydrogen-bond donors (Lipinski definition) is 1. The van der Waals surface area contributed by atoms with Crippen LogP contribution in [0.15, 0.2) is 36.5 Å². The number of fused-ring (bicyclic) bond motifs is 1. The van der Waals surface area contributed by atoms with E-state index in [1.807, 2.05) is 30.5 Å². The van der Waals surface area contributed by atoms with Gasteiger partial charge in [0.1, 0.15) is 0 Å². The lowest BCUT2D eigenvalue weighted by Crippen LogP contribution is -2.48. The smallest absolute Gasteiger partial charge is 0.214 e. The van der Waals surface area contributed by atoms with E-state index in [2.05, 4.69) is 20.7 Å². The SMILES string of the molecule is O=S(=O)(NC1CCCN(c2ccnc3ccccc23)C1)C1CC1. The first kappa shape index (κ1) is 14.9. The standard InChI is InChI=1S/C17H21N3O2S/c21-23(22,14-7-8-14)19-13-4-3-11-20(12-13)17-9-10-18-16-6-2-1-5-15(16)17/h1-2,5-6,9-10,13-14,19H,3-4,7-8,11-12H2. The van der Waals surface area contributed by atoms with E-state index in [1.165, 1.54) is 0 Å². The van der Waals surface area contributed by atoms with Crippen molar-refractivity contribution >= 4 is 26.6 Å². The van der Waals surface area contributed by atoms with Crippen LogP contribution in [0.3, 0.4) is 0 Å². The van der Waals surface area contributed by atoms with Crippen molar-refractivity contribution < 1.29 is 8.42 Å². The molecule has 2 heterocycles. The molecule has 0 radical (unpaired) electrons. The number of hydrogen-bond acceptors (Lipinski definition) is 4. The van der Waals surface area contributed by atoms with Gasteiger partial charge in [-0.15, -0.1) is 0 Å². The maximum absolute atomic E-state index is 12.2. The van der Waals surface area contributed by atoms with Gasteiger partial charge < -0.3 is 4.90 Å². The molecule has 1 aliphatic carbocycles. The first-order valence-electron chi connectivity index (χ1n) is 8.23. The van der Waals surface area contributed by atoms with Gasteiger partial charge in [-0.3, -0.25) is 4.98 Å². The lowest BCUT2D eigenvalue weighted by atomic mass is 10.0. The third-order valence-corrected chi connectivity index (χ3v) is 6.69. The molecule has 1 saturated heterocycles. The molecule has 5 nitrogen and oxygen atoms in total. The number of pyridine rings is 1. The molecular formula is C17H21N3O2S. The highest BCUT2D eigenvalue weighted by Crippen LogP contribution is 2.30. The molecule has 2 aromatic rings. The highest BCUT2D eigenvalue weighted by Gasteiger charge is 2.37. The van der Waals surface area contributed by atoms with Gasteiger partial charge in [0.05, 0.1) is 10.8 Å². The minimum Gasteiger partial charge on any atom is -0.369 e. The number of benzene rings is 1. The number of anilines is 1. The number of rotatable bonds is 4. The van der Waals surface area contributed by atoms with Gasteiger partial charge in [-0.25, -0.2) is 13.1 Å². The molecule has 2 fully saturated rings. The fraction of sp³-hybridized carbons (Fsp3) is 0.471. The first-order chi connectivity index (χ1) is 11.1. The van der Waals surface area contributed by atoms with Crippen LogP contribution in [0.2, 0.25) is 0 Å². The molecule has 1 N–H and O–H groups in total. The molecule has 0 bridgehead atoms. The van der Waals surface area contributed by atoms with Gasteiger partial charge in [-0.05, 0) is 37.8 Å². The molecule has 1 saturated carbocycles. The molecule has 1 unspecified atom stereocenters. The van der Waals surface area contributed by atoms with E-state index in [4.69, 9.17) is 0 Å². The van der Waals surface area contributed by atoms with Crippen molar-refractivity contribution in [1.29, 1.82) is 0 Å². The number of nitrogens with zero attached hydrogens (tertiary/aromatic N) is 2. The molecule has 1 aromatic heterocycles. The van der Waals surface area contributed by atoms with Gasteiger partial charge in [0.15, 0.2) is 0 Å². The van der Waals surface area contributed by atoms with E-state index in [0.717, 1.165) is 55.4 Å². The van der Waals surface area contributed by atoms with Gasteiger partial charge in [-0.1, -0.05) is 18.2 Å². The molecular weight excluding hydrogens is 310 g/mol. The Hall–Kier alpha value is -1.66. The summed E-state index contributed by atoms with van der Waals surface area (Å²) in [6.07, 6.45) is 5.34. The quantitative estimate of drug-likeness (QED) is 0.934.